The van der Waals surface area contributed by atoms with Crippen LogP contribution in [-0.2, 0) is 0 Å². The number of nitrogens with zero attached hydrogens (tertiary/aromatic N) is 3. The number of unbranched alkanes of at least 4 members (excludes halogenated alkanes) is 1. The second kappa shape index (κ2) is 11.3. The van der Waals surface area contributed by atoms with Gasteiger partial charge < -0.3 is 9.64 Å². The first-order valence-electron chi connectivity index (χ1n) is 11.2. The van der Waals surface area contributed by atoms with Gasteiger partial charge in [-0.25, -0.2) is 4.98 Å². The van der Waals surface area contributed by atoms with Gasteiger partial charge in [0.25, 0.3) is 5.91 Å². The summed E-state index contributed by atoms with van der Waals surface area (Å²) in [4.78, 5) is 22.5. The van der Waals surface area contributed by atoms with Gasteiger partial charge in [0, 0.05) is 18.7 Å². The van der Waals surface area contributed by atoms with Crippen LogP contribution in [0.1, 0.15) is 49.5 Å². The zero-order valence-electron chi connectivity index (χ0n) is 19.1. The molecule has 0 aliphatic carbocycles. The molecule has 0 radical (unpaired) electrons. The Bertz CT molecular complexity index is 980. The summed E-state index contributed by atoms with van der Waals surface area (Å²) in [5.41, 5.74) is 2.76. The number of hydrogen-bond donors (Lipinski definition) is 0. The van der Waals surface area contributed by atoms with Gasteiger partial charge in [-0.1, -0.05) is 50.7 Å². The van der Waals surface area contributed by atoms with E-state index in [1.165, 1.54) is 0 Å². The fourth-order valence-electron chi connectivity index (χ4n) is 3.44. The predicted octanol–water partition coefficient (Wildman–Crippen LogP) is 5.77. The molecule has 0 aliphatic rings. The highest BCUT2D eigenvalue weighted by molar-refractivity contribution is 7.22. The Labute approximate surface area is 189 Å². The molecule has 3 aromatic rings. The normalized spacial score (nSPS) is 11.3. The molecule has 0 saturated heterocycles. The molecule has 1 aromatic heterocycles. The predicted molar refractivity (Wildman–Crippen MR) is 131 cm³/mol. The maximum atomic E-state index is 13.5. The van der Waals surface area contributed by atoms with Crippen LogP contribution in [0, 0.1) is 6.92 Å². The zero-order valence-corrected chi connectivity index (χ0v) is 19.9. The van der Waals surface area contributed by atoms with Crippen molar-refractivity contribution in [3.05, 3.63) is 53.6 Å². The van der Waals surface area contributed by atoms with Crippen molar-refractivity contribution in [1.29, 1.82) is 0 Å². The standard InChI is InChI=1S/C25H33N3O2S/c1-5-8-18-30-21-14-12-20(13-15-21)24(29)28(17-16-27(6-2)7-3)25-26-23-19(4)10-9-11-22(23)31-25/h9-15H,5-8,16-18H2,1-4H3. The van der Waals surface area contributed by atoms with Crippen LogP contribution in [0.25, 0.3) is 10.2 Å². The van der Waals surface area contributed by atoms with Crippen molar-refractivity contribution in [2.75, 3.05) is 37.7 Å². The van der Waals surface area contributed by atoms with Gasteiger partial charge in [-0.3, -0.25) is 9.69 Å². The van der Waals surface area contributed by atoms with Gasteiger partial charge in [-0.2, -0.15) is 0 Å². The SMILES string of the molecule is CCCCOc1ccc(C(=O)N(CCN(CC)CC)c2nc3c(C)cccc3s2)cc1. The van der Waals surface area contributed by atoms with Crippen molar-refractivity contribution in [2.24, 2.45) is 0 Å². The molecule has 166 valence electrons. The third kappa shape index (κ3) is 5.83. The van der Waals surface area contributed by atoms with E-state index in [-0.39, 0.29) is 5.91 Å². The number of amides is 1. The minimum absolute atomic E-state index is 0.0241. The van der Waals surface area contributed by atoms with Crippen molar-refractivity contribution >= 4 is 32.6 Å². The third-order valence-corrected chi connectivity index (χ3v) is 6.53. The molecule has 1 amide bonds. The van der Waals surface area contributed by atoms with Crippen molar-refractivity contribution in [3.63, 3.8) is 0 Å². The van der Waals surface area contributed by atoms with Crippen LogP contribution in [0.5, 0.6) is 5.75 Å². The summed E-state index contributed by atoms with van der Waals surface area (Å²) < 4.78 is 6.85. The molecule has 0 N–H and O–H groups in total. The molecule has 6 heteroatoms. The molecule has 0 aliphatic heterocycles. The minimum atomic E-state index is -0.0241. The Morgan fingerprint density at radius 3 is 2.42 bits per heavy atom. The number of aryl methyl sites for hydroxylation is 1. The number of benzene rings is 2. The lowest BCUT2D eigenvalue weighted by atomic mass is 10.2. The van der Waals surface area contributed by atoms with Crippen molar-refractivity contribution in [2.45, 2.75) is 40.5 Å². The van der Waals surface area contributed by atoms with Crippen LogP contribution in [0.4, 0.5) is 5.13 Å². The van der Waals surface area contributed by atoms with Gasteiger partial charge >= 0.3 is 0 Å². The average Bonchev–Trinajstić information content (AvgIpc) is 3.22. The molecular formula is C25H33N3O2S. The Kier molecular flexibility index (Phi) is 8.43. The fraction of sp³-hybridized carbons (Fsp3) is 0.440. The fourth-order valence-corrected chi connectivity index (χ4v) is 4.51. The summed E-state index contributed by atoms with van der Waals surface area (Å²) in [5, 5.41) is 0.754. The molecular weight excluding hydrogens is 406 g/mol. The highest BCUT2D eigenvalue weighted by atomic mass is 32.1. The van der Waals surface area contributed by atoms with E-state index < -0.39 is 0 Å². The highest BCUT2D eigenvalue weighted by Gasteiger charge is 2.22. The van der Waals surface area contributed by atoms with Gasteiger partial charge in [-0.15, -0.1) is 0 Å². The van der Waals surface area contributed by atoms with Gasteiger partial charge in [0.1, 0.15) is 5.75 Å². The average molecular weight is 440 g/mol. The molecule has 0 fully saturated rings. The first-order valence-corrected chi connectivity index (χ1v) is 12.0. The van der Waals surface area contributed by atoms with E-state index in [1.54, 1.807) is 11.3 Å². The van der Waals surface area contributed by atoms with Crippen LogP contribution >= 0.6 is 11.3 Å². The second-order valence-corrected chi connectivity index (χ2v) is 8.64. The number of carbonyl (C=O) groups is 1. The Balaban J connectivity index is 1.85. The number of ether oxygens (including phenoxy) is 1. The topological polar surface area (TPSA) is 45.7 Å². The molecule has 0 spiro atoms. The van der Waals surface area contributed by atoms with E-state index in [9.17, 15) is 4.79 Å². The van der Waals surface area contributed by atoms with E-state index >= 15 is 0 Å². The smallest absolute Gasteiger partial charge is 0.260 e. The summed E-state index contributed by atoms with van der Waals surface area (Å²) in [6.45, 7) is 12.5. The summed E-state index contributed by atoms with van der Waals surface area (Å²) in [7, 11) is 0. The number of likely N-dealkylation sites (N-methyl/N-ethyl adjacent to an activating group) is 1. The largest absolute Gasteiger partial charge is 0.494 e. The molecule has 0 unspecified atom stereocenters. The number of aromatic nitrogens is 1. The van der Waals surface area contributed by atoms with Crippen LogP contribution < -0.4 is 9.64 Å². The minimum Gasteiger partial charge on any atom is -0.494 e. The molecule has 0 bridgehead atoms. The molecule has 0 saturated carbocycles. The number of fused-ring (bicyclic) bond motifs is 1. The summed E-state index contributed by atoms with van der Waals surface area (Å²) in [5.74, 6) is 0.777. The van der Waals surface area contributed by atoms with Crippen LogP contribution in [0.2, 0.25) is 0 Å². The first-order chi connectivity index (χ1) is 15.1. The van der Waals surface area contributed by atoms with Crippen LogP contribution in [0.15, 0.2) is 42.5 Å². The van der Waals surface area contributed by atoms with Crippen molar-refractivity contribution in [1.82, 2.24) is 9.88 Å². The second-order valence-electron chi connectivity index (χ2n) is 7.63. The highest BCUT2D eigenvalue weighted by Crippen LogP contribution is 2.31. The van der Waals surface area contributed by atoms with Gasteiger partial charge in [0.15, 0.2) is 5.13 Å². The zero-order chi connectivity index (χ0) is 22.2. The molecule has 5 nitrogen and oxygen atoms in total. The van der Waals surface area contributed by atoms with E-state index in [2.05, 4.69) is 44.7 Å². The molecule has 1 heterocycles. The number of thiazole rings is 1. The molecule has 3 rings (SSSR count). The Hall–Kier alpha value is -2.44. The van der Waals surface area contributed by atoms with Gasteiger partial charge in [0.05, 0.1) is 16.8 Å². The lowest BCUT2D eigenvalue weighted by molar-refractivity contribution is 0.0983. The maximum Gasteiger partial charge on any atom is 0.260 e. The van der Waals surface area contributed by atoms with E-state index in [0.717, 1.165) is 59.1 Å². The number of carbonyl (C=O) groups excluding carboxylic acids is 1. The lowest BCUT2D eigenvalue weighted by Crippen LogP contribution is -2.38. The third-order valence-electron chi connectivity index (χ3n) is 5.49. The maximum absolute atomic E-state index is 13.5. The Morgan fingerprint density at radius 2 is 1.77 bits per heavy atom. The summed E-state index contributed by atoms with van der Waals surface area (Å²) in [6, 6.07) is 13.6. The summed E-state index contributed by atoms with van der Waals surface area (Å²) >= 11 is 1.58. The number of para-hydroxylation sites is 1. The molecule has 31 heavy (non-hydrogen) atoms. The number of anilines is 1. The quantitative estimate of drug-likeness (QED) is 0.356. The van der Waals surface area contributed by atoms with Crippen molar-refractivity contribution < 1.29 is 9.53 Å². The van der Waals surface area contributed by atoms with Gasteiger partial charge in [0.2, 0.25) is 0 Å². The Morgan fingerprint density at radius 1 is 1.03 bits per heavy atom. The van der Waals surface area contributed by atoms with E-state index in [1.807, 2.05) is 35.2 Å². The number of rotatable bonds is 11. The van der Waals surface area contributed by atoms with Crippen LogP contribution in [-0.4, -0.2) is 48.6 Å². The molecule has 2 aromatic carbocycles. The first kappa shape index (κ1) is 23.2. The monoisotopic (exact) mass is 439 g/mol. The molecule has 0 atom stereocenters. The lowest BCUT2D eigenvalue weighted by Gasteiger charge is -2.24. The van der Waals surface area contributed by atoms with E-state index in [4.69, 9.17) is 9.72 Å². The van der Waals surface area contributed by atoms with Crippen molar-refractivity contribution in [3.8, 4) is 5.75 Å². The van der Waals surface area contributed by atoms with E-state index in [0.29, 0.717) is 18.7 Å². The van der Waals surface area contributed by atoms with Gasteiger partial charge in [-0.05, 0) is 62.3 Å². The number of hydrogen-bond acceptors (Lipinski definition) is 5. The summed E-state index contributed by atoms with van der Waals surface area (Å²) in [6.07, 6.45) is 2.12. The van der Waals surface area contributed by atoms with Crippen LogP contribution in [0.3, 0.4) is 0 Å².